The van der Waals surface area contributed by atoms with Crippen LogP contribution in [0.2, 0.25) is 0 Å². The molecule has 16 aromatic rings. The molecule has 0 atom stereocenters. The molecule has 0 amide bonds. The Balaban J connectivity index is 0.794. The molecular weight excluding hydrogens is 1010 g/mol. The van der Waals surface area contributed by atoms with Gasteiger partial charge in [-0.3, -0.25) is 0 Å². The summed E-state index contributed by atoms with van der Waals surface area (Å²) < 4.78 is 0. The Bertz CT molecular complexity index is 4720. The van der Waals surface area contributed by atoms with E-state index >= 15 is 0 Å². The molecule has 0 saturated heterocycles. The molecule has 0 saturated carbocycles. The summed E-state index contributed by atoms with van der Waals surface area (Å²) >= 11 is 0. The molecular formula is C81H63N3. The Hall–Kier alpha value is -9.57. The van der Waals surface area contributed by atoms with Gasteiger partial charge in [-0.1, -0.05) is 281 Å². The molecule has 0 N–H and O–H groups in total. The van der Waals surface area contributed by atoms with Crippen molar-refractivity contribution in [1.82, 2.24) is 15.0 Å². The minimum absolute atomic E-state index is 0.0577. The maximum Gasteiger partial charge on any atom is 0.164 e. The summed E-state index contributed by atoms with van der Waals surface area (Å²) in [5.41, 5.74) is 14.1. The van der Waals surface area contributed by atoms with Crippen LogP contribution in [0.4, 0.5) is 0 Å². The molecule has 15 aromatic carbocycles. The van der Waals surface area contributed by atoms with Gasteiger partial charge in [-0.25, -0.2) is 15.0 Å². The first-order chi connectivity index (χ1) is 40.5. The van der Waals surface area contributed by atoms with Crippen LogP contribution < -0.4 is 0 Å². The normalized spacial score (nSPS) is 12.8. The number of aromatic nitrogens is 3. The van der Waals surface area contributed by atoms with Crippen LogP contribution in [-0.4, -0.2) is 15.0 Å². The fraction of sp³-hybridized carbons (Fsp3) is 0.148. The van der Waals surface area contributed by atoms with Crippen molar-refractivity contribution in [2.45, 2.75) is 78.6 Å². The topological polar surface area (TPSA) is 38.7 Å². The highest BCUT2D eigenvalue weighted by Crippen LogP contribution is 2.46. The number of rotatable bonds is 6. The molecule has 0 aliphatic carbocycles. The second-order valence-electron chi connectivity index (χ2n) is 26.9. The lowest BCUT2D eigenvalue weighted by molar-refractivity contribution is 0.591. The van der Waals surface area contributed by atoms with E-state index in [1.54, 1.807) is 0 Å². The number of hydrogen-bond acceptors (Lipinski definition) is 3. The van der Waals surface area contributed by atoms with Gasteiger partial charge in [-0.2, -0.15) is 0 Å². The molecule has 0 fully saturated rings. The second-order valence-corrected chi connectivity index (χ2v) is 26.9. The fourth-order valence-corrected chi connectivity index (χ4v) is 13.7. The first-order valence-electron chi connectivity index (χ1n) is 29.7. The molecule has 0 radical (unpaired) electrons. The maximum absolute atomic E-state index is 5.30. The first-order valence-corrected chi connectivity index (χ1v) is 29.7. The number of benzene rings is 15. The third-order valence-electron chi connectivity index (χ3n) is 18.4. The summed E-state index contributed by atoms with van der Waals surface area (Å²) in [6.45, 7) is 20.7. The van der Waals surface area contributed by atoms with E-state index in [2.05, 4.69) is 281 Å². The largest absolute Gasteiger partial charge is 0.208 e. The van der Waals surface area contributed by atoms with Crippen molar-refractivity contribution in [1.29, 1.82) is 0 Å². The van der Waals surface area contributed by atoms with E-state index < -0.39 is 0 Å². The Labute approximate surface area is 490 Å². The van der Waals surface area contributed by atoms with Crippen molar-refractivity contribution in [3.05, 3.63) is 235 Å². The summed E-state index contributed by atoms with van der Waals surface area (Å²) in [6, 6.07) is 82.0. The van der Waals surface area contributed by atoms with E-state index in [0.717, 1.165) is 33.4 Å². The predicted molar refractivity (Wildman–Crippen MR) is 360 cm³/mol. The van der Waals surface area contributed by atoms with Gasteiger partial charge in [0, 0.05) is 16.7 Å². The van der Waals surface area contributed by atoms with Gasteiger partial charge >= 0.3 is 0 Å². The summed E-state index contributed by atoms with van der Waals surface area (Å²) in [6.07, 6.45) is 0. The van der Waals surface area contributed by atoms with Crippen LogP contribution in [0.3, 0.4) is 0 Å². The van der Waals surface area contributed by atoms with Crippen molar-refractivity contribution in [2.75, 3.05) is 0 Å². The summed E-state index contributed by atoms with van der Waals surface area (Å²) in [7, 11) is 0. The molecule has 3 heteroatoms. The lowest BCUT2D eigenvalue weighted by Crippen LogP contribution is -2.10. The standard InChI is InChI=1S/C81H63N3/c1-79(2,3)61-40-55-25-16-49-28-34-64(67-37-31-58(43-61)70(55)73(49)67)46-10-19-52(20-11-46)76-82-77(53-21-12-47(13-22-53)65-35-29-50-17-26-56-41-62(80(4,5)6)44-59-32-38-68(65)74(50)71(56)59)84-78(83-76)54-23-14-48(15-24-54)66-36-30-51-18-27-57-42-63(81(7,8)9)45-60-33-39-69(66)75(51)72(57)60/h10-45H,1-9H3. The van der Waals surface area contributed by atoms with Gasteiger partial charge in [0.05, 0.1) is 0 Å². The molecule has 402 valence electrons. The highest BCUT2D eigenvalue weighted by Gasteiger charge is 2.23. The molecule has 0 aliphatic rings. The minimum atomic E-state index is 0.0577. The number of nitrogens with zero attached hydrogens (tertiary/aromatic N) is 3. The Morgan fingerprint density at radius 1 is 0.202 bits per heavy atom. The fourth-order valence-electron chi connectivity index (χ4n) is 13.7. The van der Waals surface area contributed by atoms with Gasteiger partial charge in [-0.15, -0.1) is 0 Å². The maximum atomic E-state index is 5.30. The first kappa shape index (κ1) is 50.2. The van der Waals surface area contributed by atoms with Crippen LogP contribution >= 0.6 is 0 Å². The van der Waals surface area contributed by atoms with Gasteiger partial charge in [-0.05, 0) is 163 Å². The predicted octanol–water partition coefficient (Wildman–Crippen LogP) is 22.5. The lowest BCUT2D eigenvalue weighted by Gasteiger charge is -2.22. The van der Waals surface area contributed by atoms with Gasteiger partial charge in [0.15, 0.2) is 17.5 Å². The SMILES string of the molecule is CC(C)(C)c1cc2ccc3ccc(-c4ccc(-c5nc(-c6ccc(-c7ccc8ccc9cc(C(C)(C)C)cc%10ccc7c8c9%10)cc6)nc(-c6ccc(-c7ccc8ccc9cc(C(C)(C)C)cc%10ccc7c8c9%10)cc6)n5)cc4)c4ccc(c1)c2c34. The zero-order valence-electron chi connectivity index (χ0n) is 49.1. The minimum Gasteiger partial charge on any atom is -0.208 e. The van der Waals surface area contributed by atoms with Gasteiger partial charge in [0.2, 0.25) is 0 Å². The molecule has 3 nitrogen and oxygen atoms in total. The van der Waals surface area contributed by atoms with Crippen LogP contribution in [0.5, 0.6) is 0 Å². The Morgan fingerprint density at radius 3 is 0.643 bits per heavy atom. The van der Waals surface area contributed by atoms with E-state index in [9.17, 15) is 0 Å². The van der Waals surface area contributed by atoms with Crippen molar-refractivity contribution in [3.8, 4) is 67.5 Å². The molecule has 0 spiro atoms. The van der Waals surface area contributed by atoms with Crippen molar-refractivity contribution < 1.29 is 0 Å². The van der Waals surface area contributed by atoms with E-state index in [-0.39, 0.29) is 16.2 Å². The third kappa shape index (κ3) is 7.96. The Kier molecular flexibility index (Phi) is 10.7. The van der Waals surface area contributed by atoms with Crippen molar-refractivity contribution in [2.24, 2.45) is 0 Å². The summed E-state index contributed by atoms with van der Waals surface area (Å²) in [5, 5.41) is 23.2. The van der Waals surface area contributed by atoms with Crippen LogP contribution in [0, 0.1) is 0 Å². The molecule has 84 heavy (non-hydrogen) atoms. The van der Waals surface area contributed by atoms with Crippen LogP contribution in [0.15, 0.2) is 218 Å². The zero-order valence-corrected chi connectivity index (χ0v) is 49.1. The van der Waals surface area contributed by atoms with Crippen LogP contribution in [-0.2, 0) is 16.2 Å². The highest BCUT2D eigenvalue weighted by molar-refractivity contribution is 6.28. The van der Waals surface area contributed by atoms with E-state index in [1.165, 1.54) is 130 Å². The average Bonchev–Trinajstić information content (AvgIpc) is 1.17. The van der Waals surface area contributed by atoms with E-state index in [4.69, 9.17) is 15.0 Å². The quantitative estimate of drug-likeness (QED) is 0.156. The zero-order chi connectivity index (χ0) is 57.1. The van der Waals surface area contributed by atoms with E-state index in [1.807, 2.05) is 0 Å². The monoisotopic (exact) mass is 1080 g/mol. The second kappa shape index (κ2) is 18.0. The van der Waals surface area contributed by atoms with Crippen molar-refractivity contribution in [3.63, 3.8) is 0 Å². The van der Waals surface area contributed by atoms with E-state index in [0.29, 0.717) is 17.5 Å². The molecule has 0 unspecified atom stereocenters. The summed E-state index contributed by atoms with van der Waals surface area (Å²) in [4.78, 5) is 15.9. The Morgan fingerprint density at radius 2 is 0.405 bits per heavy atom. The highest BCUT2D eigenvalue weighted by atomic mass is 15.0. The molecule has 0 bridgehead atoms. The lowest BCUT2D eigenvalue weighted by atomic mass is 9.83. The van der Waals surface area contributed by atoms with Gasteiger partial charge in [0.25, 0.3) is 0 Å². The van der Waals surface area contributed by atoms with Crippen molar-refractivity contribution >= 4 is 97.0 Å². The molecule has 1 heterocycles. The summed E-state index contributed by atoms with van der Waals surface area (Å²) in [5.74, 6) is 1.88. The van der Waals surface area contributed by atoms with Crippen LogP contribution in [0.1, 0.15) is 79.0 Å². The van der Waals surface area contributed by atoms with Gasteiger partial charge in [0.1, 0.15) is 0 Å². The van der Waals surface area contributed by atoms with Crippen LogP contribution in [0.25, 0.3) is 164 Å². The average molecular weight is 1080 g/mol. The number of hydrogen-bond donors (Lipinski definition) is 0. The molecule has 1 aromatic heterocycles. The molecule has 16 rings (SSSR count). The third-order valence-corrected chi connectivity index (χ3v) is 18.4. The smallest absolute Gasteiger partial charge is 0.164 e. The van der Waals surface area contributed by atoms with Gasteiger partial charge < -0.3 is 0 Å². The molecule has 0 aliphatic heterocycles.